The van der Waals surface area contributed by atoms with E-state index in [9.17, 15) is 4.79 Å². The van der Waals surface area contributed by atoms with E-state index in [0.29, 0.717) is 5.02 Å². The molecule has 2 aromatic carbocycles. The molecule has 0 radical (unpaired) electrons. The molecule has 0 aliphatic carbocycles. The molecule has 1 saturated heterocycles. The zero-order valence-electron chi connectivity index (χ0n) is 14.4. The van der Waals surface area contributed by atoms with Gasteiger partial charge in [0.15, 0.2) is 0 Å². The zero-order valence-corrected chi connectivity index (χ0v) is 15.2. The molecular formula is C21H23ClN2O. The molecule has 0 saturated carbocycles. The average molecular weight is 355 g/mol. The van der Waals surface area contributed by atoms with E-state index in [1.807, 2.05) is 24.3 Å². The summed E-state index contributed by atoms with van der Waals surface area (Å²) in [4.78, 5) is 14.4. The van der Waals surface area contributed by atoms with Crippen molar-refractivity contribution >= 4 is 35.0 Å². The monoisotopic (exact) mass is 354 g/mol. The smallest absolute Gasteiger partial charge is 0.248 e. The van der Waals surface area contributed by atoms with Gasteiger partial charge in [-0.1, -0.05) is 30.7 Å². The summed E-state index contributed by atoms with van der Waals surface area (Å²) in [5.41, 5.74) is 2.97. The Morgan fingerprint density at radius 1 is 1.08 bits per heavy atom. The lowest BCUT2D eigenvalue weighted by molar-refractivity contribution is -0.111. The average Bonchev–Trinajstić information content (AvgIpc) is 2.63. The van der Waals surface area contributed by atoms with Gasteiger partial charge in [0.1, 0.15) is 0 Å². The standard InChI is InChI=1S/C21H23ClN2O/c1-16-12-14-24(15-13-16)20-9-7-19(8-10-20)23-21(25)11-4-17-2-5-18(22)6-3-17/h2-11,16H,12-15H2,1H3,(H,23,25). The number of halogens is 1. The third-order valence-corrected chi connectivity index (χ3v) is 4.83. The van der Waals surface area contributed by atoms with Gasteiger partial charge in [-0.05, 0) is 66.8 Å². The summed E-state index contributed by atoms with van der Waals surface area (Å²) < 4.78 is 0. The molecule has 3 nitrogen and oxygen atoms in total. The SMILES string of the molecule is CC1CCN(c2ccc(NC(=O)C=Cc3ccc(Cl)cc3)cc2)CC1. The lowest BCUT2D eigenvalue weighted by atomic mass is 9.99. The van der Waals surface area contributed by atoms with Crippen LogP contribution >= 0.6 is 11.6 Å². The Morgan fingerprint density at radius 2 is 1.72 bits per heavy atom. The first-order chi connectivity index (χ1) is 12.1. The number of hydrogen-bond donors (Lipinski definition) is 1. The van der Waals surface area contributed by atoms with E-state index < -0.39 is 0 Å². The summed E-state index contributed by atoms with van der Waals surface area (Å²) >= 11 is 5.85. The minimum absolute atomic E-state index is 0.144. The Labute approximate surface area is 154 Å². The van der Waals surface area contributed by atoms with E-state index in [2.05, 4.69) is 29.3 Å². The van der Waals surface area contributed by atoms with Crippen LogP contribution in [0.15, 0.2) is 54.6 Å². The fraction of sp³-hybridized carbons (Fsp3) is 0.286. The summed E-state index contributed by atoms with van der Waals surface area (Å²) in [6.45, 7) is 4.53. The van der Waals surface area contributed by atoms with E-state index in [1.165, 1.54) is 24.6 Å². The molecule has 1 aliphatic heterocycles. The summed E-state index contributed by atoms with van der Waals surface area (Å²) in [6, 6.07) is 15.4. The van der Waals surface area contributed by atoms with Crippen LogP contribution in [0.2, 0.25) is 5.02 Å². The van der Waals surface area contributed by atoms with Crippen molar-refractivity contribution in [2.45, 2.75) is 19.8 Å². The van der Waals surface area contributed by atoms with Crippen LogP contribution in [0.4, 0.5) is 11.4 Å². The van der Waals surface area contributed by atoms with Gasteiger partial charge in [-0.3, -0.25) is 4.79 Å². The second-order valence-corrected chi connectivity index (χ2v) is 7.03. The van der Waals surface area contributed by atoms with Crippen molar-refractivity contribution in [2.24, 2.45) is 5.92 Å². The number of nitrogens with zero attached hydrogens (tertiary/aromatic N) is 1. The van der Waals surface area contributed by atoms with Gasteiger partial charge in [-0.15, -0.1) is 0 Å². The van der Waals surface area contributed by atoms with Gasteiger partial charge < -0.3 is 10.2 Å². The first kappa shape index (κ1) is 17.6. The van der Waals surface area contributed by atoms with Crippen LogP contribution in [0.3, 0.4) is 0 Å². The minimum Gasteiger partial charge on any atom is -0.372 e. The largest absolute Gasteiger partial charge is 0.372 e. The molecule has 1 heterocycles. The molecule has 2 aromatic rings. The fourth-order valence-corrected chi connectivity index (χ4v) is 3.08. The Hall–Kier alpha value is -2.26. The summed E-state index contributed by atoms with van der Waals surface area (Å²) in [7, 11) is 0. The molecule has 0 aromatic heterocycles. The number of piperidine rings is 1. The normalized spacial score (nSPS) is 15.5. The van der Waals surface area contributed by atoms with Gasteiger partial charge in [0.2, 0.25) is 5.91 Å². The topological polar surface area (TPSA) is 32.3 Å². The lowest BCUT2D eigenvalue weighted by Crippen LogP contribution is -2.32. The Kier molecular flexibility index (Phi) is 5.77. The van der Waals surface area contributed by atoms with Gasteiger partial charge in [0.05, 0.1) is 0 Å². The Balaban J connectivity index is 1.55. The maximum Gasteiger partial charge on any atom is 0.248 e. The lowest BCUT2D eigenvalue weighted by Gasteiger charge is -2.32. The molecule has 1 aliphatic rings. The highest BCUT2D eigenvalue weighted by atomic mass is 35.5. The second-order valence-electron chi connectivity index (χ2n) is 6.59. The van der Waals surface area contributed by atoms with E-state index in [4.69, 9.17) is 11.6 Å². The van der Waals surface area contributed by atoms with Gasteiger partial charge in [-0.2, -0.15) is 0 Å². The number of carbonyl (C=O) groups is 1. The quantitative estimate of drug-likeness (QED) is 0.762. The van der Waals surface area contributed by atoms with E-state index >= 15 is 0 Å². The number of benzene rings is 2. The van der Waals surface area contributed by atoms with Crippen LogP contribution < -0.4 is 10.2 Å². The second kappa shape index (κ2) is 8.21. The van der Waals surface area contributed by atoms with Crippen LogP contribution in [-0.4, -0.2) is 19.0 Å². The van der Waals surface area contributed by atoms with Crippen molar-refractivity contribution in [3.05, 3.63) is 65.2 Å². The molecule has 0 unspecified atom stereocenters. The number of hydrogen-bond acceptors (Lipinski definition) is 2. The summed E-state index contributed by atoms with van der Waals surface area (Å²) in [5, 5.41) is 3.58. The van der Waals surface area contributed by atoms with Gasteiger partial charge in [0, 0.05) is 35.6 Å². The van der Waals surface area contributed by atoms with Crippen LogP contribution in [0.5, 0.6) is 0 Å². The van der Waals surface area contributed by atoms with Crippen LogP contribution in [0, 0.1) is 5.92 Å². The molecule has 3 rings (SSSR count). The highest BCUT2D eigenvalue weighted by molar-refractivity contribution is 6.30. The zero-order chi connectivity index (χ0) is 17.6. The maximum atomic E-state index is 12.0. The Bertz CT molecular complexity index is 729. The highest BCUT2D eigenvalue weighted by Gasteiger charge is 2.15. The number of anilines is 2. The molecule has 1 N–H and O–H groups in total. The first-order valence-corrected chi connectivity index (χ1v) is 9.07. The van der Waals surface area contributed by atoms with Gasteiger partial charge >= 0.3 is 0 Å². The summed E-state index contributed by atoms with van der Waals surface area (Å²) in [6.07, 6.45) is 5.79. The van der Waals surface area contributed by atoms with Crippen LogP contribution in [-0.2, 0) is 4.79 Å². The number of amides is 1. The Morgan fingerprint density at radius 3 is 2.36 bits per heavy atom. The van der Waals surface area contributed by atoms with Gasteiger partial charge in [0.25, 0.3) is 0 Å². The van der Waals surface area contributed by atoms with Crippen molar-refractivity contribution in [1.29, 1.82) is 0 Å². The van der Waals surface area contributed by atoms with Crippen molar-refractivity contribution in [1.82, 2.24) is 0 Å². The maximum absolute atomic E-state index is 12.0. The number of rotatable bonds is 4. The summed E-state index contributed by atoms with van der Waals surface area (Å²) in [5.74, 6) is 0.678. The minimum atomic E-state index is -0.144. The highest BCUT2D eigenvalue weighted by Crippen LogP contribution is 2.24. The third-order valence-electron chi connectivity index (χ3n) is 4.58. The van der Waals surface area contributed by atoms with Gasteiger partial charge in [-0.25, -0.2) is 0 Å². The van der Waals surface area contributed by atoms with E-state index in [0.717, 1.165) is 30.3 Å². The van der Waals surface area contributed by atoms with Crippen molar-refractivity contribution in [3.8, 4) is 0 Å². The van der Waals surface area contributed by atoms with Crippen LogP contribution in [0.25, 0.3) is 6.08 Å². The first-order valence-electron chi connectivity index (χ1n) is 8.70. The molecule has 1 fully saturated rings. The third kappa shape index (κ3) is 5.10. The number of carbonyl (C=O) groups excluding carboxylic acids is 1. The van der Waals surface area contributed by atoms with Crippen LogP contribution in [0.1, 0.15) is 25.3 Å². The van der Waals surface area contributed by atoms with Crippen molar-refractivity contribution in [3.63, 3.8) is 0 Å². The molecular weight excluding hydrogens is 332 g/mol. The number of nitrogens with one attached hydrogen (secondary N) is 1. The predicted molar refractivity (Wildman–Crippen MR) is 106 cm³/mol. The van der Waals surface area contributed by atoms with E-state index in [1.54, 1.807) is 18.2 Å². The molecule has 1 amide bonds. The molecule has 0 atom stereocenters. The molecule has 25 heavy (non-hydrogen) atoms. The fourth-order valence-electron chi connectivity index (χ4n) is 2.95. The predicted octanol–water partition coefficient (Wildman–Crippen LogP) is 5.23. The molecule has 130 valence electrons. The molecule has 0 bridgehead atoms. The van der Waals surface area contributed by atoms with Crippen molar-refractivity contribution < 1.29 is 4.79 Å². The molecule has 0 spiro atoms. The van der Waals surface area contributed by atoms with E-state index in [-0.39, 0.29) is 5.91 Å². The van der Waals surface area contributed by atoms with Crippen molar-refractivity contribution in [2.75, 3.05) is 23.3 Å². The molecule has 4 heteroatoms.